The monoisotopic (exact) mass is 438 g/mol. The van der Waals surface area contributed by atoms with E-state index in [0.29, 0.717) is 10.9 Å². The van der Waals surface area contributed by atoms with Crippen LogP contribution in [0.3, 0.4) is 0 Å². The van der Waals surface area contributed by atoms with E-state index in [9.17, 15) is 4.79 Å². The number of aromatic nitrogens is 2. The SMILES string of the molecule is CC1(CSc2ccccc2Cl)CCCC(c2onc3c2c(=O)[nH]c2ccccc23)C1. The minimum atomic E-state index is -0.113. The Balaban J connectivity index is 1.45. The number of pyridine rings is 1. The molecule has 0 radical (unpaired) electrons. The number of aromatic amines is 1. The average Bonchev–Trinajstić information content (AvgIpc) is 3.20. The van der Waals surface area contributed by atoms with Crippen LogP contribution >= 0.6 is 23.4 Å². The van der Waals surface area contributed by atoms with Crippen LogP contribution in [0.1, 0.15) is 44.3 Å². The Morgan fingerprint density at radius 3 is 2.90 bits per heavy atom. The van der Waals surface area contributed by atoms with E-state index in [2.05, 4.69) is 23.1 Å². The predicted molar refractivity (Wildman–Crippen MR) is 124 cm³/mol. The van der Waals surface area contributed by atoms with Crippen molar-refractivity contribution in [1.29, 1.82) is 0 Å². The van der Waals surface area contributed by atoms with E-state index in [-0.39, 0.29) is 16.9 Å². The maximum atomic E-state index is 12.9. The molecule has 4 nitrogen and oxygen atoms in total. The molecular formula is C24H23ClN2O2S. The molecule has 2 atom stereocenters. The highest BCUT2D eigenvalue weighted by Gasteiger charge is 2.36. The first kappa shape index (κ1) is 19.7. The van der Waals surface area contributed by atoms with Gasteiger partial charge in [0.15, 0.2) is 5.76 Å². The largest absolute Gasteiger partial charge is 0.360 e. The second-order valence-electron chi connectivity index (χ2n) is 8.59. The second kappa shape index (κ2) is 7.78. The minimum absolute atomic E-state index is 0.113. The molecule has 2 aromatic carbocycles. The number of H-pyrrole nitrogens is 1. The van der Waals surface area contributed by atoms with Gasteiger partial charge in [-0.2, -0.15) is 0 Å². The van der Waals surface area contributed by atoms with Gasteiger partial charge in [-0.1, -0.05) is 60.4 Å². The fourth-order valence-electron chi connectivity index (χ4n) is 4.71. The Morgan fingerprint density at radius 1 is 1.23 bits per heavy atom. The van der Waals surface area contributed by atoms with Crippen molar-refractivity contribution < 1.29 is 4.52 Å². The lowest BCUT2D eigenvalue weighted by atomic mass is 9.71. The maximum Gasteiger partial charge on any atom is 0.261 e. The molecule has 5 rings (SSSR count). The molecular weight excluding hydrogens is 416 g/mol. The number of nitrogens with one attached hydrogen (secondary N) is 1. The number of hydrogen-bond donors (Lipinski definition) is 1. The summed E-state index contributed by atoms with van der Waals surface area (Å²) in [6, 6.07) is 15.7. The quantitative estimate of drug-likeness (QED) is 0.357. The normalized spacial score (nSPS) is 22.0. The summed E-state index contributed by atoms with van der Waals surface area (Å²) in [5.41, 5.74) is 1.49. The highest BCUT2D eigenvalue weighted by Crippen LogP contribution is 2.48. The van der Waals surface area contributed by atoms with Crippen LogP contribution in [-0.2, 0) is 0 Å². The molecule has 0 saturated heterocycles. The van der Waals surface area contributed by atoms with E-state index in [0.717, 1.165) is 58.0 Å². The van der Waals surface area contributed by atoms with Crippen molar-refractivity contribution in [2.45, 2.75) is 43.4 Å². The molecule has 0 aliphatic heterocycles. The summed E-state index contributed by atoms with van der Waals surface area (Å²) in [4.78, 5) is 17.0. The van der Waals surface area contributed by atoms with Crippen LogP contribution in [0.15, 0.2) is 62.7 Å². The molecule has 2 aromatic heterocycles. The zero-order chi connectivity index (χ0) is 20.7. The van der Waals surface area contributed by atoms with E-state index >= 15 is 0 Å². The Kier molecular flexibility index (Phi) is 5.11. The van der Waals surface area contributed by atoms with Crippen LogP contribution in [0.25, 0.3) is 21.8 Å². The van der Waals surface area contributed by atoms with E-state index < -0.39 is 0 Å². The molecule has 1 fully saturated rings. The molecule has 6 heteroatoms. The van der Waals surface area contributed by atoms with Crippen molar-refractivity contribution in [3.63, 3.8) is 0 Å². The third-order valence-corrected chi connectivity index (χ3v) is 8.18. The van der Waals surface area contributed by atoms with Gasteiger partial charge in [-0.15, -0.1) is 11.8 Å². The zero-order valence-electron chi connectivity index (χ0n) is 16.8. The minimum Gasteiger partial charge on any atom is -0.360 e. The Labute approximate surface area is 184 Å². The number of thioether (sulfide) groups is 1. The first-order valence-corrected chi connectivity index (χ1v) is 11.7. The van der Waals surface area contributed by atoms with E-state index in [1.165, 1.54) is 0 Å². The van der Waals surface area contributed by atoms with E-state index in [1.54, 1.807) is 0 Å². The van der Waals surface area contributed by atoms with Gasteiger partial charge in [0.05, 0.1) is 10.5 Å². The van der Waals surface area contributed by atoms with Crippen LogP contribution < -0.4 is 5.56 Å². The maximum absolute atomic E-state index is 12.9. The molecule has 0 amide bonds. The molecule has 1 aliphatic carbocycles. The fraction of sp³-hybridized carbons (Fsp3) is 0.333. The summed E-state index contributed by atoms with van der Waals surface area (Å²) in [5, 5.41) is 6.66. The second-order valence-corrected chi connectivity index (χ2v) is 10.0. The number of fused-ring (bicyclic) bond motifs is 3. The molecule has 2 heterocycles. The van der Waals surface area contributed by atoms with Crippen LogP contribution in [0.2, 0.25) is 5.02 Å². The third-order valence-electron chi connectivity index (χ3n) is 6.23. The molecule has 0 spiro atoms. The summed E-state index contributed by atoms with van der Waals surface area (Å²) in [6.45, 7) is 2.33. The van der Waals surface area contributed by atoms with Crippen molar-refractivity contribution in [2.24, 2.45) is 5.41 Å². The van der Waals surface area contributed by atoms with Crippen LogP contribution in [0, 0.1) is 5.41 Å². The van der Waals surface area contributed by atoms with Gasteiger partial charge in [0.25, 0.3) is 5.56 Å². The topological polar surface area (TPSA) is 58.9 Å². The van der Waals surface area contributed by atoms with Gasteiger partial charge in [-0.05, 0) is 42.9 Å². The van der Waals surface area contributed by atoms with Gasteiger partial charge in [0.1, 0.15) is 10.9 Å². The fourth-order valence-corrected chi connectivity index (χ4v) is 6.16. The first-order chi connectivity index (χ1) is 14.5. The molecule has 0 bridgehead atoms. The van der Waals surface area contributed by atoms with Gasteiger partial charge >= 0.3 is 0 Å². The van der Waals surface area contributed by atoms with Gasteiger partial charge < -0.3 is 9.51 Å². The molecule has 154 valence electrons. The highest BCUT2D eigenvalue weighted by molar-refractivity contribution is 7.99. The predicted octanol–water partition coefficient (Wildman–Crippen LogP) is 6.78. The Hall–Kier alpha value is -2.24. The number of rotatable bonds is 4. The number of nitrogens with zero attached hydrogens (tertiary/aromatic N) is 1. The van der Waals surface area contributed by atoms with Crippen molar-refractivity contribution in [3.8, 4) is 0 Å². The lowest BCUT2D eigenvalue weighted by molar-refractivity contribution is 0.203. The standard InChI is InChI=1S/C24H23ClN2O2S/c1-24(14-30-19-11-5-3-9-17(19)25)12-6-7-15(13-24)22-20-21(27-29-22)16-8-2-4-10-18(16)26-23(20)28/h2-5,8-11,15H,6-7,12-14H2,1H3,(H,26,28). The Bertz CT molecular complexity index is 1280. The van der Waals surface area contributed by atoms with Gasteiger partial charge in [-0.25, -0.2) is 0 Å². The van der Waals surface area contributed by atoms with Crippen LogP contribution in [-0.4, -0.2) is 15.9 Å². The number of benzene rings is 2. The summed E-state index contributed by atoms with van der Waals surface area (Å²) in [7, 11) is 0. The van der Waals surface area contributed by atoms with Gasteiger partial charge in [-0.3, -0.25) is 4.79 Å². The first-order valence-electron chi connectivity index (χ1n) is 10.3. The molecule has 1 N–H and O–H groups in total. The lowest BCUT2D eigenvalue weighted by Gasteiger charge is -2.37. The summed E-state index contributed by atoms with van der Waals surface area (Å²) < 4.78 is 5.82. The molecule has 2 unspecified atom stereocenters. The molecule has 30 heavy (non-hydrogen) atoms. The van der Waals surface area contributed by atoms with Crippen LogP contribution in [0.4, 0.5) is 0 Å². The zero-order valence-corrected chi connectivity index (χ0v) is 18.4. The number of hydrogen-bond acceptors (Lipinski definition) is 4. The van der Waals surface area contributed by atoms with Gasteiger partial charge in [0, 0.05) is 22.0 Å². The molecule has 1 saturated carbocycles. The van der Waals surface area contributed by atoms with E-state index in [4.69, 9.17) is 16.1 Å². The number of para-hydroxylation sites is 1. The third kappa shape index (κ3) is 3.54. The smallest absolute Gasteiger partial charge is 0.261 e. The van der Waals surface area contributed by atoms with Crippen molar-refractivity contribution in [2.75, 3.05) is 5.75 Å². The lowest BCUT2D eigenvalue weighted by Crippen LogP contribution is -2.27. The van der Waals surface area contributed by atoms with Crippen LogP contribution in [0.5, 0.6) is 0 Å². The highest BCUT2D eigenvalue weighted by atomic mass is 35.5. The average molecular weight is 439 g/mol. The molecule has 4 aromatic rings. The Morgan fingerprint density at radius 2 is 2.03 bits per heavy atom. The molecule has 1 aliphatic rings. The van der Waals surface area contributed by atoms with Crippen molar-refractivity contribution in [3.05, 3.63) is 69.7 Å². The van der Waals surface area contributed by atoms with E-state index in [1.807, 2.05) is 54.2 Å². The summed E-state index contributed by atoms with van der Waals surface area (Å²) in [5.74, 6) is 1.92. The van der Waals surface area contributed by atoms with Gasteiger partial charge in [0.2, 0.25) is 0 Å². The van der Waals surface area contributed by atoms with Crippen molar-refractivity contribution >= 4 is 45.2 Å². The summed E-state index contributed by atoms with van der Waals surface area (Å²) in [6.07, 6.45) is 4.26. The summed E-state index contributed by atoms with van der Waals surface area (Å²) >= 11 is 8.16. The van der Waals surface area contributed by atoms with Crippen molar-refractivity contribution in [1.82, 2.24) is 10.1 Å². The number of halogens is 1.